The molecule has 0 amide bonds. The summed E-state index contributed by atoms with van der Waals surface area (Å²) in [6.45, 7) is 0. The quantitative estimate of drug-likeness (QED) is 0.935. The van der Waals surface area contributed by atoms with E-state index >= 15 is 0 Å². The summed E-state index contributed by atoms with van der Waals surface area (Å²) in [6.07, 6.45) is 5.30. The van der Waals surface area contributed by atoms with Crippen molar-refractivity contribution in [3.05, 3.63) is 52.0 Å². The van der Waals surface area contributed by atoms with E-state index in [-0.39, 0.29) is 6.04 Å². The fourth-order valence-electron chi connectivity index (χ4n) is 1.88. The number of halogens is 2. The Balaban J connectivity index is 2.06. The number of rotatable bonds is 4. The molecule has 0 aliphatic rings. The first-order chi connectivity index (χ1) is 8.59. The van der Waals surface area contributed by atoms with E-state index < -0.39 is 0 Å². The number of nitrogens with zero attached hydrogens (tertiary/aromatic N) is 2. The van der Waals surface area contributed by atoms with Crippen molar-refractivity contribution >= 4 is 23.2 Å². The molecule has 1 aromatic heterocycles. The van der Waals surface area contributed by atoms with Crippen LogP contribution < -0.4 is 5.73 Å². The molecule has 2 rings (SSSR count). The van der Waals surface area contributed by atoms with Gasteiger partial charge in [-0.1, -0.05) is 35.3 Å². The van der Waals surface area contributed by atoms with Gasteiger partial charge >= 0.3 is 0 Å². The fraction of sp³-hybridized carbons (Fsp3) is 0.308. The van der Waals surface area contributed by atoms with Gasteiger partial charge in [0, 0.05) is 31.9 Å². The van der Waals surface area contributed by atoms with Gasteiger partial charge in [-0.25, -0.2) is 4.98 Å². The highest BCUT2D eigenvalue weighted by Crippen LogP contribution is 2.30. The first kappa shape index (κ1) is 13.4. The summed E-state index contributed by atoms with van der Waals surface area (Å²) in [7, 11) is 1.97. The van der Waals surface area contributed by atoms with Crippen LogP contribution in [0.25, 0.3) is 0 Å². The summed E-state index contributed by atoms with van der Waals surface area (Å²) in [5.74, 6) is 1.02. The lowest BCUT2D eigenvalue weighted by Crippen LogP contribution is -2.13. The molecule has 0 radical (unpaired) electrons. The van der Waals surface area contributed by atoms with Gasteiger partial charge in [-0.05, 0) is 18.1 Å². The van der Waals surface area contributed by atoms with Gasteiger partial charge in [0.15, 0.2) is 0 Å². The van der Waals surface area contributed by atoms with Crippen LogP contribution in [0, 0.1) is 0 Å². The minimum absolute atomic E-state index is 0.132. The summed E-state index contributed by atoms with van der Waals surface area (Å²) in [5.41, 5.74) is 7.04. The smallest absolute Gasteiger partial charge is 0.108 e. The number of imidazole rings is 1. The Morgan fingerprint density at radius 2 is 2.17 bits per heavy atom. The molecule has 0 aliphatic carbocycles. The van der Waals surface area contributed by atoms with Crippen LogP contribution in [-0.2, 0) is 13.5 Å². The molecule has 0 aliphatic heterocycles. The molecule has 0 saturated carbocycles. The predicted molar refractivity (Wildman–Crippen MR) is 74.9 cm³/mol. The van der Waals surface area contributed by atoms with Gasteiger partial charge in [0.1, 0.15) is 5.82 Å². The molecule has 1 unspecified atom stereocenters. The molecule has 2 N–H and O–H groups in total. The molecule has 18 heavy (non-hydrogen) atoms. The maximum absolute atomic E-state index is 6.15. The minimum atomic E-state index is -0.132. The van der Waals surface area contributed by atoms with Crippen LogP contribution in [0.15, 0.2) is 30.6 Å². The van der Waals surface area contributed by atoms with Crippen molar-refractivity contribution in [3.8, 4) is 0 Å². The Hall–Kier alpha value is -1.03. The monoisotopic (exact) mass is 283 g/mol. The summed E-state index contributed by atoms with van der Waals surface area (Å²) < 4.78 is 1.99. The number of hydrogen-bond acceptors (Lipinski definition) is 2. The Kier molecular flexibility index (Phi) is 4.27. The molecule has 96 valence electrons. The Morgan fingerprint density at radius 1 is 1.39 bits per heavy atom. The third-order valence-electron chi connectivity index (χ3n) is 2.98. The van der Waals surface area contributed by atoms with Gasteiger partial charge in [-0.2, -0.15) is 0 Å². The summed E-state index contributed by atoms with van der Waals surface area (Å²) >= 11 is 12.1. The van der Waals surface area contributed by atoms with Crippen molar-refractivity contribution in [2.75, 3.05) is 0 Å². The standard InChI is InChI=1S/C13H15Cl2N3/c1-18-8-7-17-12(18)6-5-11(16)9-3-2-4-10(14)13(9)15/h2-4,7-8,11H,5-6,16H2,1H3. The van der Waals surface area contributed by atoms with E-state index in [1.807, 2.05) is 29.9 Å². The van der Waals surface area contributed by atoms with E-state index in [4.69, 9.17) is 28.9 Å². The summed E-state index contributed by atoms with van der Waals surface area (Å²) in [5, 5.41) is 1.09. The van der Waals surface area contributed by atoms with Gasteiger partial charge in [-0.15, -0.1) is 0 Å². The number of nitrogens with two attached hydrogens (primary N) is 1. The molecule has 0 fully saturated rings. The predicted octanol–water partition coefficient (Wildman–Crippen LogP) is 3.36. The molecule has 0 saturated heterocycles. The van der Waals surface area contributed by atoms with Gasteiger partial charge in [-0.3, -0.25) is 0 Å². The van der Waals surface area contributed by atoms with E-state index in [2.05, 4.69) is 4.98 Å². The summed E-state index contributed by atoms with van der Waals surface area (Å²) in [6, 6.07) is 5.41. The second-order valence-corrected chi connectivity index (χ2v) is 5.03. The van der Waals surface area contributed by atoms with Gasteiger partial charge in [0.2, 0.25) is 0 Å². The number of benzene rings is 1. The second kappa shape index (κ2) is 5.74. The fourth-order valence-corrected chi connectivity index (χ4v) is 2.33. The maximum Gasteiger partial charge on any atom is 0.108 e. The lowest BCUT2D eigenvalue weighted by molar-refractivity contribution is 0.621. The highest BCUT2D eigenvalue weighted by atomic mass is 35.5. The van der Waals surface area contributed by atoms with Crippen LogP contribution in [0.2, 0.25) is 10.0 Å². The number of aromatic nitrogens is 2. The lowest BCUT2D eigenvalue weighted by atomic mass is 10.0. The Morgan fingerprint density at radius 3 is 2.83 bits per heavy atom. The van der Waals surface area contributed by atoms with Crippen molar-refractivity contribution in [2.45, 2.75) is 18.9 Å². The normalized spacial score (nSPS) is 12.7. The Labute approximate surface area is 117 Å². The topological polar surface area (TPSA) is 43.8 Å². The highest BCUT2D eigenvalue weighted by molar-refractivity contribution is 6.42. The molecule has 1 aromatic carbocycles. The third kappa shape index (κ3) is 2.86. The van der Waals surface area contributed by atoms with Gasteiger partial charge in [0.05, 0.1) is 10.0 Å². The molecule has 2 aromatic rings. The zero-order valence-corrected chi connectivity index (χ0v) is 11.6. The first-order valence-electron chi connectivity index (χ1n) is 5.75. The second-order valence-electron chi connectivity index (χ2n) is 4.24. The average molecular weight is 284 g/mol. The van der Waals surface area contributed by atoms with Crippen molar-refractivity contribution in [1.29, 1.82) is 0 Å². The van der Waals surface area contributed by atoms with Crippen molar-refractivity contribution < 1.29 is 0 Å². The van der Waals surface area contributed by atoms with E-state index in [1.165, 1.54) is 0 Å². The molecule has 0 bridgehead atoms. The van der Waals surface area contributed by atoms with Crippen molar-refractivity contribution in [3.63, 3.8) is 0 Å². The zero-order chi connectivity index (χ0) is 13.1. The number of aryl methyl sites for hydroxylation is 2. The third-order valence-corrected chi connectivity index (χ3v) is 3.81. The molecular formula is C13H15Cl2N3. The Bertz CT molecular complexity index is 537. The van der Waals surface area contributed by atoms with Crippen LogP contribution in [0.3, 0.4) is 0 Å². The van der Waals surface area contributed by atoms with Gasteiger partial charge in [0.25, 0.3) is 0 Å². The lowest BCUT2D eigenvalue weighted by Gasteiger charge is -2.14. The van der Waals surface area contributed by atoms with Crippen LogP contribution in [0.1, 0.15) is 23.9 Å². The maximum atomic E-state index is 6.15. The molecule has 1 atom stereocenters. The van der Waals surface area contributed by atoms with Crippen LogP contribution in [-0.4, -0.2) is 9.55 Å². The van der Waals surface area contributed by atoms with Crippen LogP contribution in [0.4, 0.5) is 0 Å². The molecular weight excluding hydrogens is 269 g/mol. The molecule has 3 nitrogen and oxygen atoms in total. The SMILES string of the molecule is Cn1ccnc1CCC(N)c1cccc(Cl)c1Cl. The number of hydrogen-bond donors (Lipinski definition) is 1. The summed E-state index contributed by atoms with van der Waals surface area (Å²) in [4.78, 5) is 4.27. The zero-order valence-electron chi connectivity index (χ0n) is 10.1. The van der Waals surface area contributed by atoms with Gasteiger partial charge < -0.3 is 10.3 Å². The van der Waals surface area contributed by atoms with E-state index in [0.29, 0.717) is 10.0 Å². The van der Waals surface area contributed by atoms with Crippen LogP contribution >= 0.6 is 23.2 Å². The van der Waals surface area contributed by atoms with Crippen molar-refractivity contribution in [1.82, 2.24) is 9.55 Å². The average Bonchev–Trinajstić information content (AvgIpc) is 2.75. The van der Waals surface area contributed by atoms with Crippen LogP contribution in [0.5, 0.6) is 0 Å². The van der Waals surface area contributed by atoms with E-state index in [1.54, 1.807) is 12.3 Å². The minimum Gasteiger partial charge on any atom is -0.338 e. The molecule has 0 spiro atoms. The first-order valence-corrected chi connectivity index (χ1v) is 6.51. The van der Waals surface area contributed by atoms with E-state index in [9.17, 15) is 0 Å². The van der Waals surface area contributed by atoms with Crippen molar-refractivity contribution in [2.24, 2.45) is 12.8 Å². The highest BCUT2D eigenvalue weighted by Gasteiger charge is 2.13. The largest absolute Gasteiger partial charge is 0.338 e. The molecule has 5 heteroatoms. The molecule has 1 heterocycles. The van der Waals surface area contributed by atoms with E-state index in [0.717, 1.165) is 24.2 Å².